The van der Waals surface area contributed by atoms with E-state index in [0.717, 1.165) is 0 Å². The van der Waals surface area contributed by atoms with Gasteiger partial charge in [0.2, 0.25) is 0 Å². The highest BCUT2D eigenvalue weighted by molar-refractivity contribution is 6.05. The van der Waals surface area contributed by atoms with E-state index in [0.29, 0.717) is 41.7 Å². The van der Waals surface area contributed by atoms with Gasteiger partial charge in [-0.3, -0.25) is 4.79 Å². The first kappa shape index (κ1) is 17.6. The standard InChI is InChI=1S/C19H20N4O3/c1-14-15(13-21-23(14)18-9-5-6-10-20-18)19(24)22-16-7-3-4-8-17(16)26-12-11-25-2/h3-10,13H,11-12H2,1-2H3,(H,22,24). The fraction of sp³-hybridized carbons (Fsp3) is 0.211. The Morgan fingerprint density at radius 1 is 1.15 bits per heavy atom. The molecule has 134 valence electrons. The van der Waals surface area contributed by atoms with E-state index in [4.69, 9.17) is 9.47 Å². The monoisotopic (exact) mass is 352 g/mol. The van der Waals surface area contributed by atoms with Crippen LogP contribution in [0.2, 0.25) is 0 Å². The van der Waals surface area contributed by atoms with Gasteiger partial charge in [-0.15, -0.1) is 0 Å². The number of benzene rings is 1. The molecule has 26 heavy (non-hydrogen) atoms. The normalized spacial score (nSPS) is 10.5. The molecule has 1 N–H and O–H groups in total. The minimum absolute atomic E-state index is 0.257. The van der Waals surface area contributed by atoms with E-state index in [-0.39, 0.29) is 5.91 Å². The maximum absolute atomic E-state index is 12.7. The van der Waals surface area contributed by atoms with E-state index in [2.05, 4.69) is 15.4 Å². The lowest BCUT2D eigenvalue weighted by molar-refractivity contribution is 0.102. The molecule has 7 heteroatoms. The van der Waals surface area contributed by atoms with E-state index < -0.39 is 0 Å². The Labute approximate surface area is 151 Å². The van der Waals surface area contributed by atoms with Crippen molar-refractivity contribution in [1.82, 2.24) is 14.8 Å². The first-order valence-corrected chi connectivity index (χ1v) is 8.19. The summed E-state index contributed by atoms with van der Waals surface area (Å²) in [5, 5.41) is 7.16. The highest BCUT2D eigenvalue weighted by Gasteiger charge is 2.17. The van der Waals surface area contributed by atoms with Crippen LogP contribution in [0.5, 0.6) is 5.75 Å². The van der Waals surface area contributed by atoms with Crippen molar-refractivity contribution in [2.24, 2.45) is 0 Å². The molecule has 2 heterocycles. The summed E-state index contributed by atoms with van der Waals surface area (Å²) in [5.74, 6) is 0.993. The molecule has 0 radical (unpaired) electrons. The van der Waals surface area contributed by atoms with Gasteiger partial charge in [0, 0.05) is 13.3 Å². The number of rotatable bonds is 7. The lowest BCUT2D eigenvalue weighted by Crippen LogP contribution is -2.15. The summed E-state index contributed by atoms with van der Waals surface area (Å²) in [6, 6.07) is 12.8. The molecule has 1 amide bonds. The van der Waals surface area contributed by atoms with Gasteiger partial charge < -0.3 is 14.8 Å². The second-order valence-electron chi connectivity index (χ2n) is 5.53. The molecule has 0 saturated carbocycles. The quantitative estimate of drug-likeness (QED) is 0.662. The molecule has 0 unspecified atom stereocenters. The molecule has 0 atom stereocenters. The molecule has 7 nitrogen and oxygen atoms in total. The van der Waals surface area contributed by atoms with Crippen molar-refractivity contribution in [3.8, 4) is 11.6 Å². The Morgan fingerprint density at radius 3 is 2.73 bits per heavy atom. The molecule has 0 aliphatic carbocycles. The van der Waals surface area contributed by atoms with Gasteiger partial charge in [0.25, 0.3) is 5.91 Å². The first-order chi connectivity index (χ1) is 12.7. The number of carbonyl (C=O) groups is 1. The Morgan fingerprint density at radius 2 is 1.96 bits per heavy atom. The van der Waals surface area contributed by atoms with Gasteiger partial charge in [-0.25, -0.2) is 9.67 Å². The van der Waals surface area contributed by atoms with Gasteiger partial charge >= 0.3 is 0 Å². The zero-order chi connectivity index (χ0) is 18.4. The fourth-order valence-corrected chi connectivity index (χ4v) is 2.46. The minimum atomic E-state index is -0.257. The third-order valence-corrected chi connectivity index (χ3v) is 3.80. The molecule has 1 aromatic carbocycles. The largest absolute Gasteiger partial charge is 0.489 e. The van der Waals surface area contributed by atoms with Crippen molar-refractivity contribution < 1.29 is 14.3 Å². The predicted molar refractivity (Wildman–Crippen MR) is 97.9 cm³/mol. The number of anilines is 1. The number of para-hydroxylation sites is 2. The minimum Gasteiger partial charge on any atom is -0.489 e. The highest BCUT2D eigenvalue weighted by atomic mass is 16.5. The van der Waals surface area contributed by atoms with Crippen molar-refractivity contribution in [1.29, 1.82) is 0 Å². The van der Waals surface area contributed by atoms with Gasteiger partial charge in [-0.2, -0.15) is 5.10 Å². The number of aromatic nitrogens is 3. The number of carbonyl (C=O) groups excluding carboxylic acids is 1. The summed E-state index contributed by atoms with van der Waals surface area (Å²) in [5.41, 5.74) is 1.78. The van der Waals surface area contributed by atoms with E-state index in [1.165, 1.54) is 6.20 Å². The van der Waals surface area contributed by atoms with E-state index in [9.17, 15) is 4.79 Å². The van der Waals surface area contributed by atoms with Gasteiger partial charge in [0.15, 0.2) is 5.82 Å². The van der Waals surface area contributed by atoms with Crippen molar-refractivity contribution in [3.63, 3.8) is 0 Å². The second-order valence-corrected chi connectivity index (χ2v) is 5.53. The molecule has 0 bridgehead atoms. The average Bonchev–Trinajstić information content (AvgIpc) is 3.05. The molecule has 0 saturated heterocycles. The number of methoxy groups -OCH3 is 1. The number of ether oxygens (including phenoxy) is 2. The van der Waals surface area contributed by atoms with Gasteiger partial charge in [-0.1, -0.05) is 18.2 Å². The van der Waals surface area contributed by atoms with E-state index in [1.54, 1.807) is 30.1 Å². The van der Waals surface area contributed by atoms with Crippen LogP contribution in [0.4, 0.5) is 5.69 Å². The topological polar surface area (TPSA) is 78.3 Å². The third kappa shape index (κ3) is 3.89. The van der Waals surface area contributed by atoms with Crippen LogP contribution >= 0.6 is 0 Å². The number of amides is 1. The summed E-state index contributed by atoms with van der Waals surface area (Å²) in [4.78, 5) is 17.0. The summed E-state index contributed by atoms with van der Waals surface area (Å²) in [6.45, 7) is 2.70. The van der Waals surface area contributed by atoms with Crippen LogP contribution in [0, 0.1) is 6.92 Å². The number of pyridine rings is 1. The lowest BCUT2D eigenvalue weighted by atomic mass is 10.2. The smallest absolute Gasteiger partial charge is 0.259 e. The van der Waals surface area contributed by atoms with Crippen molar-refractivity contribution >= 4 is 11.6 Å². The van der Waals surface area contributed by atoms with Crippen molar-refractivity contribution in [2.75, 3.05) is 25.6 Å². The average molecular weight is 352 g/mol. The number of hydrogen-bond acceptors (Lipinski definition) is 5. The van der Waals surface area contributed by atoms with Gasteiger partial charge in [0.1, 0.15) is 12.4 Å². The number of hydrogen-bond donors (Lipinski definition) is 1. The Hall–Kier alpha value is -3.19. The maximum atomic E-state index is 12.7. The van der Waals surface area contributed by atoms with Gasteiger partial charge in [-0.05, 0) is 31.2 Å². The first-order valence-electron chi connectivity index (χ1n) is 8.19. The van der Waals surface area contributed by atoms with E-state index >= 15 is 0 Å². The molecule has 0 spiro atoms. The van der Waals surface area contributed by atoms with Crippen LogP contribution in [0.3, 0.4) is 0 Å². The second kappa shape index (κ2) is 8.26. The zero-order valence-corrected chi connectivity index (χ0v) is 14.7. The molecular formula is C19H20N4O3. The molecule has 3 rings (SSSR count). The summed E-state index contributed by atoms with van der Waals surface area (Å²) in [7, 11) is 1.61. The molecule has 0 fully saturated rings. The highest BCUT2D eigenvalue weighted by Crippen LogP contribution is 2.25. The molecule has 0 aliphatic heterocycles. The fourth-order valence-electron chi connectivity index (χ4n) is 2.46. The van der Waals surface area contributed by atoms with E-state index in [1.807, 2.05) is 37.3 Å². The van der Waals surface area contributed by atoms with Gasteiger partial charge in [0.05, 0.1) is 29.7 Å². The summed E-state index contributed by atoms with van der Waals surface area (Å²) in [6.07, 6.45) is 3.22. The lowest BCUT2D eigenvalue weighted by Gasteiger charge is -2.12. The summed E-state index contributed by atoms with van der Waals surface area (Å²) >= 11 is 0. The summed E-state index contributed by atoms with van der Waals surface area (Å²) < 4.78 is 12.3. The van der Waals surface area contributed by atoms with Crippen LogP contribution in [-0.2, 0) is 4.74 Å². The number of nitrogens with one attached hydrogen (secondary N) is 1. The van der Waals surface area contributed by atoms with Crippen LogP contribution in [0.25, 0.3) is 5.82 Å². The zero-order valence-electron chi connectivity index (χ0n) is 14.7. The van der Waals surface area contributed by atoms with Crippen molar-refractivity contribution in [3.05, 3.63) is 66.1 Å². The molecular weight excluding hydrogens is 332 g/mol. The van der Waals surface area contributed by atoms with Crippen LogP contribution in [-0.4, -0.2) is 41.0 Å². The predicted octanol–water partition coefficient (Wildman–Crippen LogP) is 2.85. The number of nitrogens with zero attached hydrogens (tertiary/aromatic N) is 3. The molecule has 2 aromatic heterocycles. The SMILES string of the molecule is COCCOc1ccccc1NC(=O)c1cnn(-c2ccccn2)c1C. The third-order valence-electron chi connectivity index (χ3n) is 3.80. The molecule has 3 aromatic rings. The van der Waals surface area contributed by atoms with Crippen LogP contribution in [0.15, 0.2) is 54.9 Å². The Bertz CT molecular complexity index is 878. The van der Waals surface area contributed by atoms with Crippen LogP contribution < -0.4 is 10.1 Å². The van der Waals surface area contributed by atoms with Crippen LogP contribution in [0.1, 0.15) is 16.1 Å². The Kier molecular flexibility index (Phi) is 5.60. The molecule has 0 aliphatic rings. The van der Waals surface area contributed by atoms with Crippen molar-refractivity contribution in [2.45, 2.75) is 6.92 Å². The Balaban J connectivity index is 1.78. The maximum Gasteiger partial charge on any atom is 0.259 e.